The fraction of sp³-hybridized carbons (Fsp3) is 0.350. The van der Waals surface area contributed by atoms with Crippen LogP contribution in [0, 0.1) is 11.6 Å². The lowest BCUT2D eigenvalue weighted by Crippen LogP contribution is -2.27. The van der Waals surface area contributed by atoms with E-state index in [1.165, 1.54) is 17.7 Å². The van der Waals surface area contributed by atoms with E-state index in [2.05, 4.69) is 22.4 Å². The number of guanidine groups is 1. The Morgan fingerprint density at radius 1 is 1.08 bits per heavy atom. The van der Waals surface area contributed by atoms with Crippen LogP contribution in [-0.4, -0.2) is 19.1 Å². The minimum atomic E-state index is -0.689. The van der Waals surface area contributed by atoms with Gasteiger partial charge in [0.25, 0.3) is 0 Å². The summed E-state index contributed by atoms with van der Waals surface area (Å²) in [5.41, 5.74) is 7.32. The van der Waals surface area contributed by atoms with E-state index in [9.17, 15) is 8.78 Å². The van der Waals surface area contributed by atoms with Gasteiger partial charge in [-0.2, -0.15) is 0 Å². The predicted molar refractivity (Wildman–Crippen MR) is 99.6 cm³/mol. The van der Waals surface area contributed by atoms with Gasteiger partial charge in [0.15, 0.2) is 5.96 Å². The third kappa shape index (κ3) is 4.50. The molecule has 0 spiro atoms. The first-order valence-corrected chi connectivity index (χ1v) is 8.74. The lowest BCUT2D eigenvalue weighted by atomic mass is 9.82. The van der Waals surface area contributed by atoms with Gasteiger partial charge in [-0.3, -0.25) is 0 Å². The summed E-state index contributed by atoms with van der Waals surface area (Å²) in [6, 6.07) is 11.6. The maximum Gasteiger partial charge on any atom is 0.193 e. The van der Waals surface area contributed by atoms with E-state index >= 15 is 0 Å². The van der Waals surface area contributed by atoms with Gasteiger partial charge in [0.05, 0.1) is 18.8 Å². The number of ether oxygens (including phenoxy) is 1. The molecule has 3 rings (SSSR count). The SMILES string of the molecule is COc1ccc(C2CCC(N=C(N)Nc3ccc(F)cc3F)CC2)cc1. The number of methoxy groups -OCH3 is 1. The molecule has 1 saturated carbocycles. The molecule has 0 atom stereocenters. The number of halogens is 2. The molecule has 6 heteroatoms. The molecule has 0 saturated heterocycles. The van der Waals surface area contributed by atoms with E-state index in [0.29, 0.717) is 5.92 Å². The van der Waals surface area contributed by atoms with Crippen molar-refractivity contribution in [3.05, 3.63) is 59.7 Å². The molecule has 0 amide bonds. The Bertz CT molecular complexity index is 769. The van der Waals surface area contributed by atoms with Crippen molar-refractivity contribution in [3.8, 4) is 5.75 Å². The number of benzene rings is 2. The van der Waals surface area contributed by atoms with Crippen LogP contribution in [0.25, 0.3) is 0 Å². The van der Waals surface area contributed by atoms with Crippen molar-refractivity contribution in [1.82, 2.24) is 0 Å². The summed E-state index contributed by atoms with van der Waals surface area (Å²) in [4.78, 5) is 4.45. The lowest BCUT2D eigenvalue weighted by Gasteiger charge is -2.27. The first-order valence-electron chi connectivity index (χ1n) is 8.74. The quantitative estimate of drug-likeness (QED) is 0.627. The summed E-state index contributed by atoms with van der Waals surface area (Å²) >= 11 is 0. The van der Waals surface area contributed by atoms with Crippen molar-refractivity contribution in [2.24, 2.45) is 10.7 Å². The number of anilines is 1. The second-order valence-electron chi connectivity index (χ2n) is 6.54. The molecule has 0 bridgehead atoms. The summed E-state index contributed by atoms with van der Waals surface area (Å²) in [5, 5.41) is 2.71. The van der Waals surface area contributed by atoms with Gasteiger partial charge in [0.2, 0.25) is 0 Å². The van der Waals surface area contributed by atoms with Gasteiger partial charge in [-0.05, 0) is 61.4 Å². The van der Waals surface area contributed by atoms with Gasteiger partial charge in [0, 0.05) is 6.07 Å². The Labute approximate surface area is 152 Å². The molecule has 3 N–H and O–H groups in total. The van der Waals surface area contributed by atoms with Crippen LogP contribution < -0.4 is 15.8 Å². The third-order valence-electron chi connectivity index (χ3n) is 4.80. The molecule has 0 radical (unpaired) electrons. The molecule has 0 unspecified atom stereocenters. The van der Waals surface area contributed by atoms with Crippen LogP contribution in [0.2, 0.25) is 0 Å². The standard InChI is InChI=1S/C20H23F2N3O/c1-26-17-9-4-14(5-10-17)13-2-7-16(8-3-13)24-20(23)25-19-11-6-15(21)12-18(19)22/h4-6,9-13,16H,2-3,7-8H2,1H3,(H3,23,24,25). The number of nitrogens with one attached hydrogen (secondary N) is 1. The molecule has 26 heavy (non-hydrogen) atoms. The van der Waals surface area contributed by atoms with Gasteiger partial charge in [-0.15, -0.1) is 0 Å². The van der Waals surface area contributed by atoms with Crippen LogP contribution in [-0.2, 0) is 0 Å². The topological polar surface area (TPSA) is 59.6 Å². The average molecular weight is 359 g/mol. The zero-order chi connectivity index (χ0) is 18.5. The molecule has 1 fully saturated rings. The number of aliphatic imine (C=N–C) groups is 1. The summed E-state index contributed by atoms with van der Waals surface area (Å²) in [6.07, 6.45) is 3.90. The fourth-order valence-electron chi connectivity index (χ4n) is 3.37. The van der Waals surface area contributed by atoms with Crippen LogP contribution in [0.5, 0.6) is 5.75 Å². The number of nitrogens with two attached hydrogens (primary N) is 1. The van der Waals surface area contributed by atoms with Crippen molar-refractivity contribution in [2.45, 2.75) is 37.6 Å². The van der Waals surface area contributed by atoms with Gasteiger partial charge in [-0.25, -0.2) is 13.8 Å². The second-order valence-corrected chi connectivity index (χ2v) is 6.54. The predicted octanol–water partition coefficient (Wildman–Crippen LogP) is 4.43. The van der Waals surface area contributed by atoms with Crippen LogP contribution >= 0.6 is 0 Å². The number of rotatable bonds is 4. The van der Waals surface area contributed by atoms with Gasteiger partial charge < -0.3 is 15.8 Å². The number of hydrogen-bond acceptors (Lipinski definition) is 2. The fourth-order valence-corrected chi connectivity index (χ4v) is 3.37. The maximum absolute atomic E-state index is 13.7. The summed E-state index contributed by atoms with van der Waals surface area (Å²) in [5.74, 6) is 0.213. The molecule has 0 heterocycles. The Hall–Kier alpha value is -2.63. The van der Waals surface area contributed by atoms with E-state index in [-0.39, 0.29) is 17.7 Å². The highest BCUT2D eigenvalue weighted by Crippen LogP contribution is 2.34. The molecule has 0 aromatic heterocycles. The molecule has 138 valence electrons. The van der Waals surface area contributed by atoms with Crippen molar-refractivity contribution >= 4 is 11.6 Å². The van der Waals surface area contributed by atoms with E-state index in [0.717, 1.165) is 37.5 Å². The minimum absolute atomic E-state index is 0.112. The van der Waals surface area contributed by atoms with Crippen LogP contribution in [0.1, 0.15) is 37.2 Å². The first kappa shape index (κ1) is 18.2. The molecule has 4 nitrogen and oxygen atoms in total. The summed E-state index contributed by atoms with van der Waals surface area (Å²) in [6.45, 7) is 0. The van der Waals surface area contributed by atoms with Gasteiger partial charge in [0.1, 0.15) is 17.4 Å². The summed E-state index contributed by atoms with van der Waals surface area (Å²) in [7, 11) is 1.66. The molecule has 2 aromatic rings. The highest BCUT2D eigenvalue weighted by atomic mass is 19.1. The van der Waals surface area contributed by atoms with Gasteiger partial charge in [-0.1, -0.05) is 12.1 Å². The Balaban J connectivity index is 1.56. The molecule has 1 aliphatic carbocycles. The van der Waals surface area contributed by atoms with Crippen molar-refractivity contribution in [2.75, 3.05) is 12.4 Å². The van der Waals surface area contributed by atoms with Crippen molar-refractivity contribution in [3.63, 3.8) is 0 Å². The maximum atomic E-state index is 13.7. The monoisotopic (exact) mass is 359 g/mol. The smallest absolute Gasteiger partial charge is 0.193 e. The van der Waals surface area contributed by atoms with Crippen LogP contribution in [0.4, 0.5) is 14.5 Å². The van der Waals surface area contributed by atoms with Crippen LogP contribution in [0.15, 0.2) is 47.5 Å². The normalized spacial score (nSPS) is 20.7. The van der Waals surface area contributed by atoms with E-state index in [4.69, 9.17) is 10.5 Å². The Kier molecular flexibility index (Phi) is 5.71. The minimum Gasteiger partial charge on any atom is -0.497 e. The van der Waals surface area contributed by atoms with Crippen molar-refractivity contribution in [1.29, 1.82) is 0 Å². The number of hydrogen-bond donors (Lipinski definition) is 2. The molecule has 0 aliphatic heterocycles. The van der Waals surface area contributed by atoms with E-state index in [1.54, 1.807) is 7.11 Å². The highest BCUT2D eigenvalue weighted by Gasteiger charge is 2.22. The third-order valence-corrected chi connectivity index (χ3v) is 4.80. The van der Waals surface area contributed by atoms with Crippen LogP contribution in [0.3, 0.4) is 0 Å². The largest absolute Gasteiger partial charge is 0.497 e. The van der Waals surface area contributed by atoms with E-state index < -0.39 is 11.6 Å². The van der Waals surface area contributed by atoms with E-state index in [1.807, 2.05) is 12.1 Å². The molecular weight excluding hydrogens is 336 g/mol. The number of nitrogens with zero attached hydrogens (tertiary/aromatic N) is 1. The lowest BCUT2D eigenvalue weighted by molar-refractivity contribution is 0.395. The Morgan fingerprint density at radius 2 is 1.77 bits per heavy atom. The first-order chi connectivity index (χ1) is 12.5. The zero-order valence-corrected chi connectivity index (χ0v) is 14.7. The zero-order valence-electron chi connectivity index (χ0n) is 14.7. The average Bonchev–Trinajstić information content (AvgIpc) is 2.65. The van der Waals surface area contributed by atoms with Gasteiger partial charge >= 0.3 is 0 Å². The molecular formula is C20H23F2N3O. The highest BCUT2D eigenvalue weighted by molar-refractivity contribution is 5.92. The second kappa shape index (κ2) is 8.17. The molecule has 1 aliphatic rings. The van der Waals surface area contributed by atoms with Crippen molar-refractivity contribution < 1.29 is 13.5 Å². The molecule has 2 aromatic carbocycles. The Morgan fingerprint density at radius 3 is 2.38 bits per heavy atom. The summed E-state index contributed by atoms with van der Waals surface area (Å²) < 4.78 is 31.8.